The smallest absolute Gasteiger partial charge is 0.219 e. The highest BCUT2D eigenvalue weighted by Gasteiger charge is 2.09. The van der Waals surface area contributed by atoms with Crippen molar-refractivity contribution in [3.8, 4) is 0 Å². The Bertz CT molecular complexity index is 206. The van der Waals surface area contributed by atoms with Crippen molar-refractivity contribution in [1.29, 1.82) is 0 Å². The summed E-state index contributed by atoms with van der Waals surface area (Å²) in [5, 5.41) is 8.69. The molecule has 0 saturated heterocycles. The summed E-state index contributed by atoms with van der Waals surface area (Å²) in [4.78, 5) is 24.9. The molecule has 0 atom stereocenters. The fourth-order valence-corrected chi connectivity index (χ4v) is 0.976. The Hall–Kier alpha value is -1.10. The van der Waals surface area contributed by atoms with Gasteiger partial charge in [0.25, 0.3) is 0 Å². The van der Waals surface area contributed by atoms with Crippen LogP contribution in [0.5, 0.6) is 0 Å². The van der Waals surface area contributed by atoms with E-state index in [4.69, 9.17) is 5.11 Å². The highest BCUT2D eigenvalue weighted by Crippen LogP contribution is 1.91. The largest absolute Gasteiger partial charge is 0.395 e. The Balaban J connectivity index is 3.93. The van der Waals surface area contributed by atoms with Crippen LogP contribution in [0.3, 0.4) is 0 Å². The van der Waals surface area contributed by atoms with Crippen molar-refractivity contribution < 1.29 is 14.7 Å². The van der Waals surface area contributed by atoms with Crippen LogP contribution in [0.15, 0.2) is 0 Å². The molecular weight excluding hydrogens is 184 g/mol. The first-order valence-corrected chi connectivity index (χ1v) is 4.57. The zero-order chi connectivity index (χ0) is 11.1. The number of amides is 2. The number of aliphatic hydroxyl groups excluding tert-OH is 1. The van der Waals surface area contributed by atoms with E-state index in [0.29, 0.717) is 19.6 Å². The van der Waals surface area contributed by atoms with E-state index >= 15 is 0 Å². The molecule has 1 N–H and O–H groups in total. The quantitative estimate of drug-likeness (QED) is 0.641. The third-order valence-electron chi connectivity index (χ3n) is 2.06. The number of nitrogens with zero attached hydrogens (tertiary/aromatic N) is 2. The monoisotopic (exact) mass is 202 g/mol. The van der Waals surface area contributed by atoms with Gasteiger partial charge in [0, 0.05) is 40.5 Å². The van der Waals surface area contributed by atoms with Crippen LogP contribution >= 0.6 is 0 Å². The van der Waals surface area contributed by atoms with E-state index in [1.54, 1.807) is 7.05 Å². The van der Waals surface area contributed by atoms with Gasteiger partial charge in [-0.25, -0.2) is 0 Å². The van der Waals surface area contributed by atoms with Gasteiger partial charge in [-0.3, -0.25) is 9.59 Å². The minimum absolute atomic E-state index is 0.0301. The maximum Gasteiger partial charge on any atom is 0.219 e. The van der Waals surface area contributed by atoms with Gasteiger partial charge in [0.15, 0.2) is 0 Å². The van der Waals surface area contributed by atoms with Crippen LogP contribution in [0.1, 0.15) is 13.8 Å². The lowest BCUT2D eigenvalue weighted by Gasteiger charge is -2.23. The van der Waals surface area contributed by atoms with Gasteiger partial charge in [0.2, 0.25) is 11.8 Å². The maximum absolute atomic E-state index is 11.0. The summed E-state index contributed by atoms with van der Waals surface area (Å²) < 4.78 is 0. The Labute approximate surface area is 84.3 Å². The number of hydrogen-bond acceptors (Lipinski definition) is 3. The van der Waals surface area contributed by atoms with Crippen LogP contribution in [-0.4, -0.2) is 60.0 Å². The van der Waals surface area contributed by atoms with E-state index in [1.165, 1.54) is 23.6 Å². The van der Waals surface area contributed by atoms with Gasteiger partial charge < -0.3 is 14.9 Å². The minimum atomic E-state index is -0.0870. The molecule has 5 nitrogen and oxygen atoms in total. The molecule has 14 heavy (non-hydrogen) atoms. The summed E-state index contributed by atoms with van der Waals surface area (Å²) in [7, 11) is 1.68. The number of rotatable bonds is 5. The molecule has 0 aliphatic carbocycles. The van der Waals surface area contributed by atoms with E-state index in [1.807, 2.05) is 0 Å². The minimum Gasteiger partial charge on any atom is -0.395 e. The third kappa shape index (κ3) is 4.81. The second-order valence-corrected chi connectivity index (χ2v) is 3.17. The van der Waals surface area contributed by atoms with E-state index in [0.717, 1.165) is 0 Å². The molecule has 0 aliphatic rings. The van der Waals surface area contributed by atoms with Crippen molar-refractivity contribution in [3.63, 3.8) is 0 Å². The van der Waals surface area contributed by atoms with Crippen molar-refractivity contribution in [2.75, 3.05) is 33.3 Å². The lowest BCUT2D eigenvalue weighted by Crippen LogP contribution is -2.39. The second-order valence-electron chi connectivity index (χ2n) is 3.17. The summed E-state index contributed by atoms with van der Waals surface area (Å²) >= 11 is 0. The number of carbonyl (C=O) groups excluding carboxylic acids is 2. The normalized spacial score (nSPS) is 9.71. The van der Waals surface area contributed by atoms with Crippen LogP contribution in [0.4, 0.5) is 0 Å². The van der Waals surface area contributed by atoms with Crippen LogP contribution < -0.4 is 0 Å². The van der Waals surface area contributed by atoms with Gasteiger partial charge >= 0.3 is 0 Å². The van der Waals surface area contributed by atoms with Gasteiger partial charge in [-0.05, 0) is 0 Å². The molecule has 0 aliphatic heterocycles. The fraction of sp³-hybridized carbons (Fsp3) is 0.778. The predicted molar refractivity (Wildman–Crippen MR) is 52.7 cm³/mol. The van der Waals surface area contributed by atoms with Crippen molar-refractivity contribution in [1.82, 2.24) is 9.80 Å². The topological polar surface area (TPSA) is 60.9 Å². The van der Waals surface area contributed by atoms with E-state index in [9.17, 15) is 9.59 Å². The summed E-state index contributed by atoms with van der Waals surface area (Å²) in [6.45, 7) is 4.15. The first kappa shape index (κ1) is 12.9. The molecule has 0 saturated carbocycles. The molecule has 0 fully saturated rings. The van der Waals surface area contributed by atoms with Gasteiger partial charge in [-0.15, -0.1) is 0 Å². The van der Waals surface area contributed by atoms with E-state index in [-0.39, 0.29) is 18.4 Å². The lowest BCUT2D eigenvalue weighted by molar-refractivity contribution is -0.132. The van der Waals surface area contributed by atoms with Gasteiger partial charge in [-0.1, -0.05) is 0 Å². The molecule has 0 radical (unpaired) electrons. The Kier molecular flexibility index (Phi) is 5.87. The van der Waals surface area contributed by atoms with Gasteiger partial charge in [-0.2, -0.15) is 0 Å². The molecule has 0 unspecified atom stereocenters. The number of hydrogen-bond donors (Lipinski definition) is 1. The van der Waals surface area contributed by atoms with Crippen molar-refractivity contribution in [2.24, 2.45) is 0 Å². The van der Waals surface area contributed by atoms with E-state index < -0.39 is 0 Å². The first-order valence-electron chi connectivity index (χ1n) is 4.57. The average molecular weight is 202 g/mol. The molecule has 5 heteroatoms. The van der Waals surface area contributed by atoms with Crippen LogP contribution in [0.2, 0.25) is 0 Å². The van der Waals surface area contributed by atoms with E-state index in [2.05, 4.69) is 0 Å². The Morgan fingerprint density at radius 2 is 1.64 bits per heavy atom. The number of aliphatic hydroxyl groups is 1. The summed E-state index contributed by atoms with van der Waals surface area (Å²) in [5.41, 5.74) is 0. The first-order chi connectivity index (χ1) is 6.49. The maximum atomic E-state index is 11.0. The Morgan fingerprint density at radius 1 is 1.07 bits per heavy atom. The van der Waals surface area contributed by atoms with Crippen LogP contribution in [-0.2, 0) is 9.59 Å². The van der Waals surface area contributed by atoms with Gasteiger partial charge in [0.1, 0.15) is 0 Å². The molecule has 0 aromatic rings. The molecule has 0 heterocycles. The summed E-state index contributed by atoms with van der Waals surface area (Å²) in [5.74, 6) is -0.117. The fourth-order valence-electron chi connectivity index (χ4n) is 0.976. The standard InChI is InChI=1S/C9H18N2O3/c1-8(13)10(3)4-5-11(6-7-12)9(2)14/h12H,4-7H2,1-3H3. The zero-order valence-electron chi connectivity index (χ0n) is 8.99. The molecule has 0 spiro atoms. The van der Waals surface area contributed by atoms with Crippen molar-refractivity contribution in [3.05, 3.63) is 0 Å². The van der Waals surface area contributed by atoms with Crippen molar-refractivity contribution >= 4 is 11.8 Å². The van der Waals surface area contributed by atoms with Crippen molar-refractivity contribution in [2.45, 2.75) is 13.8 Å². The molecule has 2 amide bonds. The number of carbonyl (C=O) groups is 2. The summed E-state index contributed by atoms with van der Waals surface area (Å²) in [6, 6.07) is 0. The summed E-state index contributed by atoms with van der Waals surface area (Å²) in [6.07, 6.45) is 0. The average Bonchev–Trinajstić information content (AvgIpc) is 2.10. The Morgan fingerprint density at radius 3 is 2.00 bits per heavy atom. The number of likely N-dealkylation sites (N-methyl/N-ethyl adjacent to an activating group) is 1. The van der Waals surface area contributed by atoms with Crippen LogP contribution in [0.25, 0.3) is 0 Å². The molecule has 0 aromatic heterocycles. The lowest BCUT2D eigenvalue weighted by atomic mass is 10.4. The van der Waals surface area contributed by atoms with Gasteiger partial charge in [0.05, 0.1) is 6.61 Å². The zero-order valence-corrected chi connectivity index (χ0v) is 8.99. The predicted octanol–water partition coefficient (Wildman–Crippen LogP) is -0.694. The highest BCUT2D eigenvalue weighted by atomic mass is 16.3. The van der Waals surface area contributed by atoms with Crippen LogP contribution in [0, 0.1) is 0 Å². The SMILES string of the molecule is CC(=O)N(C)CCN(CCO)C(C)=O. The third-order valence-corrected chi connectivity index (χ3v) is 2.06. The highest BCUT2D eigenvalue weighted by molar-refractivity contribution is 5.74. The molecular formula is C9H18N2O3. The molecule has 0 rings (SSSR count). The second kappa shape index (κ2) is 6.37. The molecule has 82 valence electrons. The molecule has 0 bridgehead atoms. The molecule has 0 aromatic carbocycles.